The van der Waals surface area contributed by atoms with Crippen molar-refractivity contribution in [3.63, 3.8) is 0 Å². The summed E-state index contributed by atoms with van der Waals surface area (Å²) in [7, 11) is 1.62. The van der Waals surface area contributed by atoms with E-state index in [0.29, 0.717) is 23.2 Å². The Kier molecular flexibility index (Phi) is 7.20. The minimum Gasteiger partial charge on any atom is -0.496 e. The third-order valence-corrected chi connectivity index (χ3v) is 4.66. The molecule has 2 aromatic carbocycles. The summed E-state index contributed by atoms with van der Waals surface area (Å²) >= 11 is 0. The summed E-state index contributed by atoms with van der Waals surface area (Å²) < 4.78 is 5.60. The average Bonchev–Trinajstić information content (AvgIpc) is 2.78. The second kappa shape index (κ2) is 10.0. The Morgan fingerprint density at radius 2 is 1.44 bits per heavy atom. The molecule has 0 aliphatic rings. The molecule has 4 N–H and O–H groups in total. The summed E-state index contributed by atoms with van der Waals surface area (Å²) in [5.74, 6) is 2.20. The summed E-state index contributed by atoms with van der Waals surface area (Å²) in [6.45, 7) is 7.96. The molecule has 1 heterocycles. The van der Waals surface area contributed by atoms with Crippen molar-refractivity contribution in [2.45, 2.75) is 39.8 Å². The molecular weight excluding hydrogens is 400 g/mol. The van der Waals surface area contributed by atoms with Crippen LogP contribution >= 0.6 is 0 Å². The Balaban J connectivity index is 1.94. The summed E-state index contributed by atoms with van der Waals surface area (Å²) in [6.07, 6.45) is 1.74. The molecule has 0 aliphatic carbocycles. The van der Waals surface area contributed by atoms with Crippen LogP contribution in [0.4, 0.5) is 0 Å². The Labute approximate surface area is 189 Å². The van der Waals surface area contributed by atoms with E-state index in [1.54, 1.807) is 13.3 Å². The van der Waals surface area contributed by atoms with E-state index in [4.69, 9.17) is 21.2 Å². The minimum atomic E-state index is 0.110. The zero-order valence-electron chi connectivity index (χ0n) is 19.2. The van der Waals surface area contributed by atoms with Crippen molar-refractivity contribution in [1.82, 2.24) is 9.97 Å². The highest BCUT2D eigenvalue weighted by Gasteiger charge is 2.13. The van der Waals surface area contributed by atoms with Crippen LogP contribution in [0.5, 0.6) is 5.75 Å². The molecule has 166 valence electrons. The number of benzene rings is 2. The van der Waals surface area contributed by atoms with Gasteiger partial charge in [-0.3, -0.25) is 9.98 Å². The number of hydrogen-bond donors (Lipinski definition) is 2. The molecule has 1 aromatic heterocycles. The van der Waals surface area contributed by atoms with Crippen LogP contribution < -0.4 is 16.2 Å². The molecule has 0 fully saturated rings. The first-order valence-corrected chi connectivity index (χ1v) is 10.6. The number of nitrogens with zero attached hydrogens (tertiary/aromatic N) is 4. The second-order valence-electron chi connectivity index (χ2n) is 7.97. The normalized spacial score (nSPS) is 12.5. The van der Waals surface area contributed by atoms with E-state index < -0.39 is 0 Å². The van der Waals surface area contributed by atoms with Gasteiger partial charge in [0, 0.05) is 35.0 Å². The Morgan fingerprint density at radius 3 is 2.03 bits per heavy atom. The van der Waals surface area contributed by atoms with Crippen molar-refractivity contribution in [3.8, 4) is 28.4 Å². The highest BCUT2D eigenvalue weighted by molar-refractivity contribution is 5.99. The van der Waals surface area contributed by atoms with Crippen LogP contribution in [0.15, 0.2) is 64.7 Å². The van der Waals surface area contributed by atoms with Crippen LogP contribution in [0, 0.1) is 0 Å². The molecule has 0 aliphatic heterocycles. The van der Waals surface area contributed by atoms with E-state index in [1.807, 2.05) is 76.2 Å². The van der Waals surface area contributed by atoms with E-state index in [-0.39, 0.29) is 12.1 Å². The lowest BCUT2D eigenvalue weighted by molar-refractivity contribution is 0.416. The molecule has 7 heteroatoms. The second-order valence-corrected chi connectivity index (χ2v) is 7.97. The molecule has 0 atom stereocenters. The number of rotatable bonds is 7. The van der Waals surface area contributed by atoms with Gasteiger partial charge < -0.3 is 16.2 Å². The van der Waals surface area contributed by atoms with Gasteiger partial charge in [0.05, 0.1) is 18.4 Å². The highest BCUT2D eigenvalue weighted by Crippen LogP contribution is 2.30. The highest BCUT2D eigenvalue weighted by atomic mass is 16.5. The summed E-state index contributed by atoms with van der Waals surface area (Å²) in [5, 5.41) is 0. The van der Waals surface area contributed by atoms with Gasteiger partial charge in [0.2, 0.25) is 0 Å². The van der Waals surface area contributed by atoms with Crippen molar-refractivity contribution in [2.24, 2.45) is 21.5 Å². The maximum atomic E-state index is 6.11. The van der Waals surface area contributed by atoms with Crippen molar-refractivity contribution in [2.75, 3.05) is 7.11 Å². The summed E-state index contributed by atoms with van der Waals surface area (Å²) in [4.78, 5) is 18.0. The Morgan fingerprint density at radius 1 is 0.844 bits per heavy atom. The van der Waals surface area contributed by atoms with Gasteiger partial charge in [-0.25, -0.2) is 9.97 Å². The van der Waals surface area contributed by atoms with Crippen LogP contribution in [0.1, 0.15) is 38.8 Å². The molecule has 0 amide bonds. The van der Waals surface area contributed by atoms with Gasteiger partial charge in [0.1, 0.15) is 17.4 Å². The van der Waals surface area contributed by atoms with Crippen molar-refractivity contribution in [1.29, 1.82) is 0 Å². The van der Waals surface area contributed by atoms with Crippen LogP contribution in [0.2, 0.25) is 0 Å². The molecule has 0 saturated heterocycles. The molecule has 7 nitrogen and oxygen atoms in total. The molecule has 0 bridgehead atoms. The SMILES string of the molecule is COc1cc(C(N)=NC(C)C)ccc1-c1nccc(-c2ccc(C(N)=NC(C)C)cc2)n1. The van der Waals surface area contributed by atoms with Crippen LogP contribution in [0.25, 0.3) is 22.6 Å². The average molecular weight is 431 g/mol. The maximum absolute atomic E-state index is 6.11. The first-order chi connectivity index (χ1) is 15.3. The number of ether oxygens (including phenoxy) is 1. The molecule has 3 rings (SSSR count). The van der Waals surface area contributed by atoms with Gasteiger partial charge in [-0.2, -0.15) is 0 Å². The molecule has 0 saturated carbocycles. The van der Waals surface area contributed by atoms with Crippen LogP contribution in [-0.2, 0) is 0 Å². The lowest BCUT2D eigenvalue weighted by Crippen LogP contribution is -2.15. The zero-order valence-corrected chi connectivity index (χ0v) is 19.2. The Hall–Kier alpha value is -3.74. The molecule has 0 unspecified atom stereocenters. The number of nitrogens with two attached hydrogens (primary N) is 2. The van der Waals surface area contributed by atoms with E-state index in [0.717, 1.165) is 27.9 Å². The lowest BCUT2D eigenvalue weighted by Gasteiger charge is -2.11. The smallest absolute Gasteiger partial charge is 0.163 e. The molecule has 0 radical (unpaired) electrons. The van der Waals surface area contributed by atoms with E-state index in [2.05, 4.69) is 15.0 Å². The van der Waals surface area contributed by atoms with Crippen molar-refractivity contribution in [3.05, 3.63) is 65.9 Å². The lowest BCUT2D eigenvalue weighted by atomic mass is 10.1. The van der Waals surface area contributed by atoms with Gasteiger partial charge in [0.25, 0.3) is 0 Å². The third-order valence-electron chi connectivity index (χ3n) is 4.66. The topological polar surface area (TPSA) is 112 Å². The van der Waals surface area contributed by atoms with E-state index >= 15 is 0 Å². The van der Waals surface area contributed by atoms with Crippen molar-refractivity contribution < 1.29 is 4.74 Å². The number of hydrogen-bond acceptors (Lipinski definition) is 5. The van der Waals surface area contributed by atoms with E-state index in [1.165, 1.54) is 0 Å². The van der Waals surface area contributed by atoms with Gasteiger partial charge >= 0.3 is 0 Å². The monoisotopic (exact) mass is 430 g/mol. The predicted octanol–water partition coefficient (Wildman–Crippen LogP) is 4.05. The predicted molar refractivity (Wildman–Crippen MR) is 131 cm³/mol. The van der Waals surface area contributed by atoms with Gasteiger partial charge in [-0.15, -0.1) is 0 Å². The molecular formula is C25H30N6O. The standard InChI is InChI=1S/C25H30N6O/c1-15(2)29-23(26)18-8-6-17(7-9-18)21-12-13-28-25(31-21)20-11-10-19(14-22(20)32-5)24(27)30-16(3)4/h6-16H,1-5H3,(H2,26,29)(H2,27,30). The Bertz CT molecular complexity index is 1130. The zero-order chi connectivity index (χ0) is 23.3. The van der Waals surface area contributed by atoms with Crippen molar-refractivity contribution >= 4 is 11.7 Å². The number of aliphatic imine (C=N–C) groups is 2. The number of methoxy groups -OCH3 is 1. The summed E-state index contributed by atoms with van der Waals surface area (Å²) in [6, 6.07) is 15.7. The largest absolute Gasteiger partial charge is 0.496 e. The number of amidine groups is 2. The molecule has 3 aromatic rings. The molecule has 0 spiro atoms. The minimum absolute atomic E-state index is 0.110. The van der Waals surface area contributed by atoms with Gasteiger partial charge in [-0.1, -0.05) is 30.3 Å². The maximum Gasteiger partial charge on any atom is 0.163 e. The first kappa shape index (κ1) is 22.9. The fourth-order valence-corrected chi connectivity index (χ4v) is 3.20. The molecule has 32 heavy (non-hydrogen) atoms. The third kappa shape index (κ3) is 5.49. The summed E-state index contributed by atoms with van der Waals surface area (Å²) in [5.41, 5.74) is 16.4. The number of aromatic nitrogens is 2. The van der Waals surface area contributed by atoms with E-state index in [9.17, 15) is 0 Å². The fraction of sp³-hybridized carbons (Fsp3) is 0.280. The van der Waals surface area contributed by atoms with Gasteiger partial charge in [0.15, 0.2) is 5.82 Å². The fourth-order valence-electron chi connectivity index (χ4n) is 3.20. The first-order valence-electron chi connectivity index (χ1n) is 10.6. The van der Waals surface area contributed by atoms with Crippen LogP contribution in [-0.4, -0.2) is 40.8 Å². The van der Waals surface area contributed by atoms with Gasteiger partial charge in [-0.05, 0) is 45.9 Å². The quantitative estimate of drug-likeness (QED) is 0.434. The van der Waals surface area contributed by atoms with Crippen LogP contribution in [0.3, 0.4) is 0 Å².